The van der Waals surface area contributed by atoms with Gasteiger partial charge >= 0.3 is 0 Å². The number of hydrogen-bond donors (Lipinski definition) is 2. The fourth-order valence-electron chi connectivity index (χ4n) is 3.06. The number of guanidine groups is 1. The second-order valence-electron chi connectivity index (χ2n) is 6.57. The molecule has 0 aliphatic carbocycles. The second-order valence-corrected chi connectivity index (χ2v) is 8.40. The van der Waals surface area contributed by atoms with Gasteiger partial charge in [-0.1, -0.05) is 0 Å². The van der Waals surface area contributed by atoms with E-state index in [1.54, 1.807) is 0 Å². The number of amides is 1. The van der Waals surface area contributed by atoms with E-state index in [0.29, 0.717) is 39.2 Å². The number of nitrogens with zero attached hydrogens (tertiary/aromatic N) is 3. The number of rotatable bonds is 7. The Balaban J connectivity index is 1.79. The first-order valence-electron chi connectivity index (χ1n) is 9.29. The number of sulfonamides is 1. The van der Waals surface area contributed by atoms with Gasteiger partial charge in [-0.15, -0.1) is 0 Å². The lowest BCUT2D eigenvalue weighted by atomic mass is 10.2. The van der Waals surface area contributed by atoms with Gasteiger partial charge in [-0.25, -0.2) is 13.1 Å². The zero-order chi connectivity index (χ0) is 19.0. The molecule has 2 rings (SSSR count). The average Bonchev–Trinajstić information content (AvgIpc) is 3.14. The van der Waals surface area contributed by atoms with E-state index in [1.165, 1.54) is 0 Å². The lowest BCUT2D eigenvalue weighted by Crippen LogP contribution is -2.55. The molecule has 2 aliphatic rings. The van der Waals surface area contributed by atoms with E-state index in [0.717, 1.165) is 44.7 Å². The third-order valence-electron chi connectivity index (χ3n) is 4.39. The Morgan fingerprint density at radius 1 is 1.23 bits per heavy atom. The summed E-state index contributed by atoms with van der Waals surface area (Å²) >= 11 is 0. The Labute approximate surface area is 156 Å². The maximum absolute atomic E-state index is 12.4. The number of aliphatic imine (C=N–C) groups is 1. The molecule has 0 saturated carbocycles. The van der Waals surface area contributed by atoms with Crippen LogP contribution in [-0.4, -0.2) is 94.9 Å². The molecule has 0 aromatic carbocycles. The zero-order valence-corrected chi connectivity index (χ0v) is 16.6. The summed E-state index contributed by atoms with van der Waals surface area (Å²) in [7, 11) is -3.15. The van der Waals surface area contributed by atoms with Crippen LogP contribution in [0.3, 0.4) is 0 Å². The Hall–Kier alpha value is -1.39. The Kier molecular flexibility index (Phi) is 8.11. The molecule has 2 saturated heterocycles. The van der Waals surface area contributed by atoms with Gasteiger partial charge in [0.25, 0.3) is 5.91 Å². The number of nitrogens with one attached hydrogen (secondary N) is 2. The summed E-state index contributed by atoms with van der Waals surface area (Å²) < 4.78 is 30.1. The molecule has 26 heavy (non-hydrogen) atoms. The third kappa shape index (κ3) is 6.73. The van der Waals surface area contributed by atoms with Crippen LogP contribution in [-0.2, 0) is 19.6 Å². The van der Waals surface area contributed by atoms with Crippen LogP contribution in [0.2, 0.25) is 0 Å². The van der Waals surface area contributed by atoms with Gasteiger partial charge in [-0.05, 0) is 26.2 Å². The van der Waals surface area contributed by atoms with Crippen LogP contribution < -0.4 is 10.0 Å². The van der Waals surface area contributed by atoms with Crippen molar-refractivity contribution in [3.8, 4) is 0 Å². The van der Waals surface area contributed by atoms with Crippen LogP contribution in [0.4, 0.5) is 0 Å². The van der Waals surface area contributed by atoms with Crippen molar-refractivity contribution in [2.24, 2.45) is 4.99 Å². The van der Waals surface area contributed by atoms with E-state index < -0.39 is 10.0 Å². The van der Waals surface area contributed by atoms with Crippen LogP contribution in [0.1, 0.15) is 26.2 Å². The number of carbonyl (C=O) groups is 1. The maximum Gasteiger partial charge on any atom is 0.251 e. The lowest BCUT2D eigenvalue weighted by molar-refractivity contribution is -0.142. The Bertz CT molecular complexity index is 581. The summed E-state index contributed by atoms with van der Waals surface area (Å²) in [5.41, 5.74) is 0. The molecular weight excluding hydrogens is 358 g/mol. The number of ether oxygens (including phenoxy) is 1. The van der Waals surface area contributed by atoms with Gasteiger partial charge in [-0.2, -0.15) is 0 Å². The molecule has 9 nitrogen and oxygen atoms in total. The summed E-state index contributed by atoms with van der Waals surface area (Å²) in [4.78, 5) is 21.0. The van der Waals surface area contributed by atoms with Gasteiger partial charge in [0.05, 0.1) is 6.26 Å². The number of hydrogen-bond acceptors (Lipinski definition) is 5. The predicted molar refractivity (Wildman–Crippen MR) is 101 cm³/mol. The highest BCUT2D eigenvalue weighted by Gasteiger charge is 2.30. The smallest absolute Gasteiger partial charge is 0.251 e. The van der Waals surface area contributed by atoms with Crippen LogP contribution >= 0.6 is 0 Å². The molecule has 0 spiro atoms. The van der Waals surface area contributed by atoms with Crippen LogP contribution in [0.25, 0.3) is 0 Å². The molecule has 0 radical (unpaired) electrons. The Morgan fingerprint density at radius 2 is 1.92 bits per heavy atom. The fraction of sp³-hybridized carbons (Fsp3) is 0.875. The molecule has 2 aliphatic heterocycles. The van der Waals surface area contributed by atoms with Crippen LogP contribution in [0, 0.1) is 0 Å². The first-order valence-corrected chi connectivity index (χ1v) is 11.2. The summed E-state index contributed by atoms with van der Waals surface area (Å²) in [5, 5.41) is 3.27. The van der Waals surface area contributed by atoms with Gasteiger partial charge in [0.1, 0.15) is 6.10 Å². The molecule has 2 N–H and O–H groups in total. The molecule has 2 fully saturated rings. The average molecular weight is 390 g/mol. The molecule has 0 aromatic heterocycles. The maximum atomic E-state index is 12.4. The van der Waals surface area contributed by atoms with E-state index in [-0.39, 0.29) is 12.0 Å². The molecule has 1 amide bonds. The van der Waals surface area contributed by atoms with Crippen molar-refractivity contribution in [1.29, 1.82) is 0 Å². The van der Waals surface area contributed by atoms with Gasteiger partial charge in [0, 0.05) is 52.4 Å². The van der Waals surface area contributed by atoms with E-state index in [2.05, 4.69) is 19.9 Å². The second kappa shape index (κ2) is 10.1. The molecule has 0 aromatic rings. The third-order valence-corrected chi connectivity index (χ3v) is 5.12. The SMILES string of the molecule is CCNC(=NCCCNS(C)(=O)=O)N1CCN(C(=O)C2CCCO2)CC1. The zero-order valence-electron chi connectivity index (χ0n) is 15.7. The molecule has 1 unspecified atom stereocenters. The van der Waals surface area contributed by atoms with Crippen molar-refractivity contribution in [3.05, 3.63) is 0 Å². The van der Waals surface area contributed by atoms with E-state index in [9.17, 15) is 13.2 Å². The van der Waals surface area contributed by atoms with Crippen molar-refractivity contribution in [2.45, 2.75) is 32.3 Å². The van der Waals surface area contributed by atoms with Gasteiger partial charge in [0.15, 0.2) is 5.96 Å². The number of piperazine rings is 1. The van der Waals surface area contributed by atoms with Crippen molar-refractivity contribution in [2.75, 3.05) is 58.7 Å². The highest BCUT2D eigenvalue weighted by molar-refractivity contribution is 7.88. The molecule has 2 heterocycles. The molecule has 1 atom stereocenters. The predicted octanol–water partition coefficient (Wildman–Crippen LogP) is -0.786. The normalized spacial score (nSPS) is 21.9. The minimum Gasteiger partial charge on any atom is -0.368 e. The first kappa shape index (κ1) is 20.9. The number of carbonyl (C=O) groups excluding carboxylic acids is 1. The largest absolute Gasteiger partial charge is 0.368 e. The van der Waals surface area contributed by atoms with Crippen molar-refractivity contribution in [1.82, 2.24) is 19.8 Å². The summed E-state index contributed by atoms with van der Waals surface area (Å²) in [5.74, 6) is 0.923. The first-order chi connectivity index (χ1) is 12.4. The fourth-order valence-corrected chi connectivity index (χ4v) is 3.58. The summed E-state index contributed by atoms with van der Waals surface area (Å²) in [6.07, 6.45) is 3.31. The van der Waals surface area contributed by atoms with E-state index in [1.807, 2.05) is 11.8 Å². The van der Waals surface area contributed by atoms with Gasteiger partial charge in [0.2, 0.25) is 10.0 Å². The monoisotopic (exact) mass is 389 g/mol. The molecule has 10 heteroatoms. The topological polar surface area (TPSA) is 103 Å². The van der Waals surface area contributed by atoms with Crippen molar-refractivity contribution >= 4 is 21.9 Å². The lowest BCUT2D eigenvalue weighted by Gasteiger charge is -2.37. The van der Waals surface area contributed by atoms with Crippen molar-refractivity contribution in [3.63, 3.8) is 0 Å². The molecule has 150 valence electrons. The Morgan fingerprint density at radius 3 is 2.50 bits per heavy atom. The van der Waals surface area contributed by atoms with E-state index in [4.69, 9.17) is 4.74 Å². The molecular formula is C16H31N5O4S. The van der Waals surface area contributed by atoms with Gasteiger partial charge < -0.3 is 19.9 Å². The summed E-state index contributed by atoms with van der Waals surface area (Å²) in [6.45, 7) is 7.16. The quantitative estimate of drug-likeness (QED) is 0.336. The van der Waals surface area contributed by atoms with Gasteiger partial charge in [-0.3, -0.25) is 9.79 Å². The van der Waals surface area contributed by atoms with Crippen LogP contribution in [0.5, 0.6) is 0 Å². The highest BCUT2D eigenvalue weighted by Crippen LogP contribution is 2.16. The standard InChI is InChI=1S/C16H31N5O4S/c1-3-17-16(18-7-5-8-19-26(2,23)24)21-11-9-20(10-12-21)15(22)14-6-4-13-25-14/h14,19H,3-13H2,1-2H3,(H,17,18). The highest BCUT2D eigenvalue weighted by atomic mass is 32.2. The van der Waals surface area contributed by atoms with Crippen molar-refractivity contribution < 1.29 is 17.9 Å². The van der Waals surface area contributed by atoms with E-state index >= 15 is 0 Å². The van der Waals surface area contributed by atoms with Crippen LogP contribution in [0.15, 0.2) is 4.99 Å². The minimum atomic E-state index is -3.15. The molecule has 0 bridgehead atoms. The minimum absolute atomic E-state index is 0.107. The summed E-state index contributed by atoms with van der Waals surface area (Å²) in [6, 6.07) is 0.